The fourth-order valence-corrected chi connectivity index (χ4v) is 2.85. The smallest absolute Gasteiger partial charge is 0.252 e. The number of aromatic nitrogens is 1. The van der Waals surface area contributed by atoms with Gasteiger partial charge in [-0.25, -0.2) is 4.98 Å². The summed E-state index contributed by atoms with van der Waals surface area (Å²) in [5.74, 6) is 0.543. The molecule has 1 amide bonds. The molecular weight excluding hydrogens is 344 g/mol. The predicted octanol–water partition coefficient (Wildman–Crippen LogP) is 3.17. The lowest BCUT2D eigenvalue weighted by Gasteiger charge is -2.04. The van der Waals surface area contributed by atoms with E-state index in [0.29, 0.717) is 5.13 Å². The number of hydrogen-bond donors (Lipinski definition) is 1. The number of nitrogens with zero attached hydrogens (tertiary/aromatic N) is 1. The molecule has 1 N–H and O–H groups in total. The van der Waals surface area contributed by atoms with Crippen molar-refractivity contribution in [2.45, 2.75) is 0 Å². The molecule has 5 nitrogen and oxygen atoms in total. The summed E-state index contributed by atoms with van der Waals surface area (Å²) in [5, 5.41) is 5.11. The Bertz CT molecular complexity index is 615. The van der Waals surface area contributed by atoms with Crippen LogP contribution in [0.5, 0.6) is 5.75 Å². The highest BCUT2D eigenvalue weighted by molar-refractivity contribution is 9.10. The molecule has 0 aliphatic carbocycles. The van der Waals surface area contributed by atoms with Gasteiger partial charge in [0.15, 0.2) is 5.13 Å². The number of hydrogen-bond acceptors (Lipinski definition) is 5. The summed E-state index contributed by atoms with van der Waals surface area (Å²) in [7, 11) is 3.09. The minimum Gasteiger partial charge on any atom is -0.496 e. The van der Waals surface area contributed by atoms with Crippen molar-refractivity contribution in [3.05, 3.63) is 28.1 Å². The average molecular weight is 357 g/mol. The molecule has 20 heavy (non-hydrogen) atoms. The second kappa shape index (κ2) is 6.83. The number of ether oxygens (including phenoxy) is 2. The van der Waals surface area contributed by atoms with Crippen LogP contribution in [0.1, 0.15) is 0 Å². The summed E-state index contributed by atoms with van der Waals surface area (Å²) in [6, 6.07) is 5.70. The van der Waals surface area contributed by atoms with E-state index in [1.165, 1.54) is 18.4 Å². The van der Waals surface area contributed by atoms with Gasteiger partial charge in [-0.15, -0.1) is 11.3 Å². The Hall–Kier alpha value is -1.44. The Kier molecular flexibility index (Phi) is 5.11. The van der Waals surface area contributed by atoms with Gasteiger partial charge >= 0.3 is 0 Å². The molecule has 0 saturated carbocycles. The molecule has 0 bridgehead atoms. The molecule has 2 rings (SSSR count). The van der Waals surface area contributed by atoms with Crippen LogP contribution < -0.4 is 10.1 Å². The van der Waals surface area contributed by atoms with Crippen LogP contribution in [-0.4, -0.2) is 31.7 Å². The van der Waals surface area contributed by atoms with Crippen molar-refractivity contribution < 1.29 is 14.3 Å². The molecule has 0 saturated heterocycles. The highest BCUT2D eigenvalue weighted by Gasteiger charge is 2.09. The van der Waals surface area contributed by atoms with Crippen molar-refractivity contribution in [1.82, 2.24) is 4.98 Å². The quantitative estimate of drug-likeness (QED) is 0.893. The summed E-state index contributed by atoms with van der Waals surface area (Å²) in [4.78, 5) is 15.8. The van der Waals surface area contributed by atoms with Crippen LogP contribution >= 0.6 is 27.3 Å². The Labute approximate surface area is 129 Å². The number of benzene rings is 1. The van der Waals surface area contributed by atoms with Gasteiger partial charge in [0.2, 0.25) is 0 Å². The van der Waals surface area contributed by atoms with Gasteiger partial charge < -0.3 is 9.47 Å². The maximum absolute atomic E-state index is 11.4. The fraction of sp³-hybridized carbons (Fsp3) is 0.231. The van der Waals surface area contributed by atoms with Crippen molar-refractivity contribution >= 4 is 38.3 Å². The molecule has 0 aliphatic rings. The highest BCUT2D eigenvalue weighted by atomic mass is 79.9. The van der Waals surface area contributed by atoms with Crippen LogP contribution in [0.4, 0.5) is 5.13 Å². The minimum absolute atomic E-state index is 0.0169. The van der Waals surface area contributed by atoms with Crippen LogP contribution in [0.2, 0.25) is 0 Å². The molecule has 1 heterocycles. The van der Waals surface area contributed by atoms with Crippen molar-refractivity contribution in [3.8, 4) is 17.0 Å². The first-order valence-electron chi connectivity index (χ1n) is 5.72. The third kappa shape index (κ3) is 3.56. The third-order valence-electron chi connectivity index (χ3n) is 2.47. The molecule has 0 atom stereocenters. The molecule has 7 heteroatoms. The maximum Gasteiger partial charge on any atom is 0.252 e. The van der Waals surface area contributed by atoms with Gasteiger partial charge in [0, 0.05) is 18.1 Å². The van der Waals surface area contributed by atoms with E-state index in [1.807, 2.05) is 23.6 Å². The van der Waals surface area contributed by atoms with E-state index in [4.69, 9.17) is 9.47 Å². The Morgan fingerprint density at radius 2 is 2.25 bits per heavy atom. The van der Waals surface area contributed by atoms with Crippen molar-refractivity contribution in [2.75, 3.05) is 26.1 Å². The first-order chi connectivity index (χ1) is 9.63. The van der Waals surface area contributed by atoms with E-state index >= 15 is 0 Å². The van der Waals surface area contributed by atoms with Crippen molar-refractivity contribution in [2.24, 2.45) is 0 Å². The van der Waals surface area contributed by atoms with E-state index in [2.05, 4.69) is 26.2 Å². The Morgan fingerprint density at radius 3 is 2.90 bits per heavy atom. The van der Waals surface area contributed by atoms with E-state index in [9.17, 15) is 4.79 Å². The Morgan fingerprint density at radius 1 is 1.45 bits per heavy atom. The number of anilines is 1. The lowest BCUT2D eigenvalue weighted by atomic mass is 10.2. The zero-order valence-electron chi connectivity index (χ0n) is 11.0. The van der Waals surface area contributed by atoms with Gasteiger partial charge in [-0.1, -0.05) is 0 Å². The van der Waals surface area contributed by atoms with Gasteiger partial charge in [0.05, 0.1) is 17.3 Å². The summed E-state index contributed by atoms with van der Waals surface area (Å²) in [5.41, 5.74) is 1.74. The van der Waals surface area contributed by atoms with Gasteiger partial charge in [0.1, 0.15) is 12.4 Å². The lowest BCUT2D eigenvalue weighted by Crippen LogP contribution is -2.16. The largest absolute Gasteiger partial charge is 0.496 e. The zero-order valence-corrected chi connectivity index (χ0v) is 13.4. The molecule has 2 aromatic rings. The number of thiazole rings is 1. The monoisotopic (exact) mass is 356 g/mol. The summed E-state index contributed by atoms with van der Waals surface area (Å²) >= 11 is 4.81. The first kappa shape index (κ1) is 15.0. The summed E-state index contributed by atoms with van der Waals surface area (Å²) in [6.07, 6.45) is 0. The number of amides is 1. The average Bonchev–Trinajstić information content (AvgIpc) is 2.87. The predicted molar refractivity (Wildman–Crippen MR) is 82.3 cm³/mol. The molecule has 106 valence electrons. The van der Waals surface area contributed by atoms with E-state index in [-0.39, 0.29) is 12.5 Å². The number of carbonyl (C=O) groups is 1. The summed E-state index contributed by atoms with van der Waals surface area (Å²) < 4.78 is 10.8. The van der Waals surface area contributed by atoms with Gasteiger partial charge in [-0.3, -0.25) is 10.1 Å². The van der Waals surface area contributed by atoms with Crippen LogP contribution in [0.15, 0.2) is 28.1 Å². The third-order valence-corrected chi connectivity index (χ3v) is 3.85. The van der Waals surface area contributed by atoms with E-state index in [0.717, 1.165) is 21.5 Å². The molecule has 0 radical (unpaired) electrons. The molecule has 0 spiro atoms. The number of nitrogens with one attached hydrogen (secondary N) is 1. The van der Waals surface area contributed by atoms with Crippen LogP contribution in [0, 0.1) is 0 Å². The first-order valence-corrected chi connectivity index (χ1v) is 7.39. The standard InChI is InChI=1S/C13H13BrN2O3S/c1-18-6-12(17)16-13-15-10(7-20-13)8-3-4-11(19-2)9(14)5-8/h3-5,7H,6H2,1-2H3,(H,15,16,17). The highest BCUT2D eigenvalue weighted by Crippen LogP contribution is 2.31. The van der Waals surface area contributed by atoms with E-state index < -0.39 is 0 Å². The Balaban J connectivity index is 2.16. The van der Waals surface area contributed by atoms with Crippen LogP contribution in [0.25, 0.3) is 11.3 Å². The van der Waals surface area contributed by atoms with Gasteiger partial charge in [0.25, 0.3) is 5.91 Å². The molecule has 1 aromatic carbocycles. The number of halogens is 1. The van der Waals surface area contributed by atoms with E-state index in [1.54, 1.807) is 7.11 Å². The lowest BCUT2D eigenvalue weighted by molar-refractivity contribution is -0.119. The van der Waals surface area contributed by atoms with Crippen molar-refractivity contribution in [1.29, 1.82) is 0 Å². The summed E-state index contributed by atoms with van der Waals surface area (Å²) in [6.45, 7) is 0.0169. The van der Waals surface area contributed by atoms with Crippen LogP contribution in [-0.2, 0) is 9.53 Å². The van der Waals surface area contributed by atoms with Gasteiger partial charge in [-0.05, 0) is 34.1 Å². The zero-order chi connectivity index (χ0) is 14.5. The fourth-order valence-electron chi connectivity index (χ4n) is 1.58. The molecule has 0 aliphatic heterocycles. The maximum atomic E-state index is 11.4. The molecule has 0 unspecified atom stereocenters. The van der Waals surface area contributed by atoms with Crippen LogP contribution in [0.3, 0.4) is 0 Å². The molecule has 0 fully saturated rings. The SMILES string of the molecule is COCC(=O)Nc1nc(-c2ccc(OC)c(Br)c2)cs1. The number of methoxy groups -OCH3 is 2. The number of carbonyl (C=O) groups excluding carboxylic acids is 1. The molecular formula is C13H13BrN2O3S. The number of rotatable bonds is 5. The molecule has 1 aromatic heterocycles. The minimum atomic E-state index is -0.218. The second-order valence-electron chi connectivity index (χ2n) is 3.87. The second-order valence-corrected chi connectivity index (χ2v) is 5.58. The topological polar surface area (TPSA) is 60.5 Å². The van der Waals surface area contributed by atoms with Crippen molar-refractivity contribution in [3.63, 3.8) is 0 Å². The normalized spacial score (nSPS) is 10.3. The van der Waals surface area contributed by atoms with Gasteiger partial charge in [-0.2, -0.15) is 0 Å².